The maximum Gasteiger partial charge on any atom is 0.251 e. The van der Waals surface area contributed by atoms with Crippen LogP contribution < -0.4 is 21.3 Å². The maximum absolute atomic E-state index is 12.1. The summed E-state index contributed by atoms with van der Waals surface area (Å²) in [5.74, 6) is 3.35. The summed E-state index contributed by atoms with van der Waals surface area (Å²) in [5, 5.41) is 12.6. The van der Waals surface area contributed by atoms with Gasteiger partial charge in [0.2, 0.25) is 0 Å². The van der Waals surface area contributed by atoms with Crippen molar-refractivity contribution in [2.24, 2.45) is 5.92 Å². The number of hydrogen-bond donors (Lipinski definition) is 4. The van der Waals surface area contributed by atoms with Crippen LogP contribution in [-0.4, -0.2) is 64.4 Å². The summed E-state index contributed by atoms with van der Waals surface area (Å²) in [6.45, 7) is 15.3. The molecule has 7 nitrogen and oxygen atoms in total. The van der Waals surface area contributed by atoms with Crippen LogP contribution in [-0.2, 0) is 9.53 Å². The summed E-state index contributed by atoms with van der Waals surface area (Å²) in [6, 6.07) is 10.4. The number of carbonyl (C=O) groups excluding carboxylic acids is 2. The lowest BCUT2D eigenvalue weighted by Gasteiger charge is -2.19. The van der Waals surface area contributed by atoms with Crippen LogP contribution in [0.2, 0.25) is 0 Å². The van der Waals surface area contributed by atoms with E-state index in [1.807, 2.05) is 38.4 Å². The van der Waals surface area contributed by atoms with Gasteiger partial charge in [-0.05, 0) is 24.7 Å². The number of rotatable bonds is 14. The molecule has 1 aromatic rings. The molecule has 0 aliphatic heterocycles. The van der Waals surface area contributed by atoms with Crippen LogP contribution in [0.5, 0.6) is 0 Å². The summed E-state index contributed by atoms with van der Waals surface area (Å²) < 4.78 is 5.19. The van der Waals surface area contributed by atoms with Crippen LogP contribution in [0, 0.1) is 17.9 Å². The molecule has 1 rings (SSSR count). The Bertz CT molecular complexity index is 720. The lowest BCUT2D eigenvalue weighted by Crippen LogP contribution is -2.30. The smallest absolute Gasteiger partial charge is 0.251 e. The van der Waals surface area contributed by atoms with E-state index in [0.29, 0.717) is 36.4 Å². The van der Waals surface area contributed by atoms with Crippen LogP contribution in [0.15, 0.2) is 24.3 Å². The quantitative estimate of drug-likeness (QED) is 0.0686. The second kappa shape index (κ2) is 26.4. The number of likely N-dealkylation sites (N-methyl/N-ethyl adjacent to an activating group) is 1. The molecule has 0 aromatic heterocycles. The second-order valence-electron chi connectivity index (χ2n) is 8.18. The average Bonchev–Trinajstić information content (AvgIpc) is 2.85. The van der Waals surface area contributed by atoms with Crippen molar-refractivity contribution in [1.29, 1.82) is 0 Å². The molecule has 0 saturated carbocycles. The second-order valence-corrected chi connectivity index (χ2v) is 11.1. The average molecular weight is 541 g/mol. The van der Waals surface area contributed by atoms with Crippen LogP contribution in [0.1, 0.15) is 69.3 Å². The molecule has 36 heavy (non-hydrogen) atoms. The molecular formula is C27H48N4O3S2. The molecule has 9 heteroatoms. The molecule has 1 amide bonds. The number of aldehydes is 1. The minimum atomic E-state index is -0.0669. The van der Waals surface area contributed by atoms with E-state index in [9.17, 15) is 9.59 Å². The molecule has 206 valence electrons. The molecule has 1 atom stereocenters. The number of carbonyl (C=O) groups is 2. The molecule has 0 heterocycles. The Hall–Kier alpha value is -1.70. The number of nitrogens with one attached hydrogen (secondary N) is 4. The van der Waals surface area contributed by atoms with E-state index in [-0.39, 0.29) is 17.9 Å². The molecule has 4 N–H and O–H groups in total. The Morgan fingerprint density at radius 3 is 2.14 bits per heavy atom. The fourth-order valence-electron chi connectivity index (χ4n) is 2.20. The van der Waals surface area contributed by atoms with Crippen molar-refractivity contribution in [1.82, 2.24) is 21.3 Å². The van der Waals surface area contributed by atoms with E-state index in [2.05, 4.69) is 74.8 Å². The molecule has 0 aliphatic rings. The van der Waals surface area contributed by atoms with Crippen LogP contribution in [0.3, 0.4) is 0 Å². The van der Waals surface area contributed by atoms with E-state index in [1.165, 1.54) is 6.42 Å². The Labute approximate surface area is 227 Å². The van der Waals surface area contributed by atoms with Crippen LogP contribution in [0.25, 0.3) is 0 Å². The summed E-state index contributed by atoms with van der Waals surface area (Å²) in [6.07, 6.45) is 2.00. The molecule has 0 radical (unpaired) electrons. The van der Waals surface area contributed by atoms with Gasteiger partial charge in [0.05, 0.1) is 12.0 Å². The lowest BCUT2D eigenvalue weighted by atomic mass is 10.1. The minimum absolute atomic E-state index is 0.0669. The fraction of sp³-hybridized carbons (Fsp3) is 0.630. The van der Waals surface area contributed by atoms with Gasteiger partial charge in [-0.3, -0.25) is 10.1 Å². The summed E-state index contributed by atoms with van der Waals surface area (Å²) in [5.41, 5.74) is 1.75. The van der Waals surface area contributed by atoms with Crippen molar-refractivity contribution in [2.75, 3.05) is 46.9 Å². The van der Waals surface area contributed by atoms with Gasteiger partial charge in [0, 0.05) is 49.5 Å². The van der Waals surface area contributed by atoms with E-state index in [4.69, 9.17) is 4.74 Å². The first-order chi connectivity index (χ1) is 17.3. The van der Waals surface area contributed by atoms with Crippen molar-refractivity contribution in [3.63, 3.8) is 0 Å². The first-order valence-electron chi connectivity index (χ1n) is 12.5. The highest BCUT2D eigenvalue weighted by Gasteiger charge is 2.14. The predicted octanol–water partition coefficient (Wildman–Crippen LogP) is 4.47. The molecular weight excluding hydrogens is 492 g/mol. The molecule has 0 aliphatic carbocycles. The third-order valence-corrected chi connectivity index (χ3v) is 6.92. The molecule has 0 saturated heterocycles. The summed E-state index contributed by atoms with van der Waals surface area (Å²) in [4.78, 5) is 22.4. The summed E-state index contributed by atoms with van der Waals surface area (Å²) >= 11 is 0. The van der Waals surface area contributed by atoms with Gasteiger partial charge in [-0.25, -0.2) is 0 Å². The van der Waals surface area contributed by atoms with Crippen molar-refractivity contribution >= 4 is 33.8 Å². The topological polar surface area (TPSA) is 91.5 Å². The Balaban J connectivity index is 0. The number of ether oxygens (including phenoxy) is 1. The van der Waals surface area contributed by atoms with Crippen molar-refractivity contribution < 1.29 is 14.3 Å². The van der Waals surface area contributed by atoms with E-state index >= 15 is 0 Å². The third kappa shape index (κ3) is 22.7. The fourth-order valence-corrected chi connectivity index (χ4v) is 4.52. The number of amides is 1. The first-order valence-corrected chi connectivity index (χ1v) is 14.8. The Morgan fingerprint density at radius 2 is 1.67 bits per heavy atom. The van der Waals surface area contributed by atoms with Gasteiger partial charge >= 0.3 is 0 Å². The standard InChI is InChI=1S/C18H29N3O3S2.C6H11N.C3H8/c1-14(2)25-26-18(21-10-12-24-13-11-22)16-6-4-15(5-7-16)17(23)20-9-8-19-3;1-6(2)4-5-7-3;1-3-2/h4-7,11,14,18-19,21H,8-10,12-13H2,1-3H3,(H,20,23);6-7H,1-3H3;3H2,1-2H3. The molecule has 0 spiro atoms. The molecule has 0 bridgehead atoms. The molecule has 1 aromatic carbocycles. The molecule has 0 fully saturated rings. The number of hydrogen-bond acceptors (Lipinski definition) is 8. The van der Waals surface area contributed by atoms with Crippen molar-refractivity contribution in [2.45, 2.75) is 58.6 Å². The maximum atomic E-state index is 12.1. The van der Waals surface area contributed by atoms with Gasteiger partial charge < -0.3 is 25.5 Å². The SMILES string of the molecule is CCC.CNC#CC(C)C.CNCCNC(=O)c1ccc(C(NCCOCC=O)SSC(C)C)cc1. The Kier molecular flexibility index (Phi) is 26.7. The minimum Gasteiger partial charge on any atom is -0.373 e. The zero-order chi connectivity index (χ0) is 27.6. The van der Waals surface area contributed by atoms with E-state index < -0.39 is 0 Å². The van der Waals surface area contributed by atoms with Crippen LogP contribution in [0.4, 0.5) is 0 Å². The zero-order valence-corrected chi connectivity index (χ0v) is 25.0. The van der Waals surface area contributed by atoms with Crippen LogP contribution >= 0.6 is 21.6 Å². The van der Waals surface area contributed by atoms with Crippen molar-refractivity contribution in [3.05, 3.63) is 35.4 Å². The van der Waals surface area contributed by atoms with Gasteiger partial charge in [-0.1, -0.05) is 87.6 Å². The van der Waals surface area contributed by atoms with Gasteiger partial charge in [0.25, 0.3) is 5.91 Å². The normalized spacial score (nSPS) is 10.7. The lowest BCUT2D eigenvalue weighted by molar-refractivity contribution is -0.111. The van der Waals surface area contributed by atoms with Crippen molar-refractivity contribution in [3.8, 4) is 12.0 Å². The van der Waals surface area contributed by atoms with E-state index in [1.54, 1.807) is 21.6 Å². The largest absolute Gasteiger partial charge is 0.373 e. The van der Waals surface area contributed by atoms with Gasteiger partial charge in [0.15, 0.2) is 0 Å². The van der Waals surface area contributed by atoms with Gasteiger partial charge in [0.1, 0.15) is 12.9 Å². The monoisotopic (exact) mass is 540 g/mol. The number of benzene rings is 1. The highest BCUT2D eigenvalue weighted by atomic mass is 33.1. The van der Waals surface area contributed by atoms with E-state index in [0.717, 1.165) is 18.4 Å². The summed E-state index contributed by atoms with van der Waals surface area (Å²) in [7, 11) is 7.21. The molecule has 1 unspecified atom stereocenters. The third-order valence-electron chi connectivity index (χ3n) is 3.73. The van der Waals surface area contributed by atoms with Gasteiger partial charge in [-0.15, -0.1) is 0 Å². The zero-order valence-electron chi connectivity index (χ0n) is 23.4. The predicted molar refractivity (Wildman–Crippen MR) is 158 cm³/mol. The van der Waals surface area contributed by atoms with Gasteiger partial charge in [-0.2, -0.15) is 0 Å². The highest BCUT2D eigenvalue weighted by molar-refractivity contribution is 8.77. The highest BCUT2D eigenvalue weighted by Crippen LogP contribution is 2.38. The first kappa shape index (κ1) is 36.5. The Morgan fingerprint density at radius 1 is 1.03 bits per heavy atom.